The molecule has 23 heavy (non-hydrogen) atoms. The first-order valence-corrected chi connectivity index (χ1v) is 8.42. The maximum Gasteiger partial charge on any atom is 0.173 e. The minimum absolute atomic E-state index is 0.131. The third kappa shape index (κ3) is 3.55. The van der Waals surface area contributed by atoms with E-state index in [1.165, 1.54) is 5.56 Å². The molecule has 2 N–H and O–H groups in total. The first kappa shape index (κ1) is 16.0. The Hall–Kier alpha value is -1.88. The number of nitrogens with two attached hydrogens (primary N) is 1. The molecule has 5 nitrogen and oxygen atoms in total. The lowest BCUT2D eigenvalue weighted by atomic mass is 9.86. The smallest absolute Gasteiger partial charge is 0.173 e. The Labute approximate surface area is 137 Å². The van der Waals surface area contributed by atoms with Gasteiger partial charge in [0.15, 0.2) is 11.9 Å². The molecule has 0 unspecified atom stereocenters. The highest BCUT2D eigenvalue weighted by atomic mass is 16.5. The van der Waals surface area contributed by atoms with Gasteiger partial charge in [-0.05, 0) is 57.2 Å². The maximum atomic E-state index is 6.04. The molecule has 1 aliphatic rings. The van der Waals surface area contributed by atoms with Gasteiger partial charge in [-0.15, -0.1) is 10.2 Å². The minimum atomic E-state index is -0.131. The van der Waals surface area contributed by atoms with Gasteiger partial charge in [-0.2, -0.15) is 0 Å². The SMILES string of the molecule is Cc1cccc(O[C@H](C)c2nnc([C@H]3CC[C@H](N)CC3)n2C)c1. The van der Waals surface area contributed by atoms with Crippen molar-refractivity contribution in [3.05, 3.63) is 41.5 Å². The van der Waals surface area contributed by atoms with Crippen molar-refractivity contribution in [1.29, 1.82) is 0 Å². The van der Waals surface area contributed by atoms with Crippen LogP contribution in [0.5, 0.6) is 5.75 Å². The second-order valence-corrected chi connectivity index (χ2v) is 6.66. The maximum absolute atomic E-state index is 6.04. The molecule has 1 atom stereocenters. The zero-order chi connectivity index (χ0) is 16.4. The van der Waals surface area contributed by atoms with Crippen LogP contribution in [-0.2, 0) is 7.05 Å². The Balaban J connectivity index is 1.73. The van der Waals surface area contributed by atoms with Gasteiger partial charge >= 0.3 is 0 Å². The van der Waals surface area contributed by atoms with E-state index in [4.69, 9.17) is 10.5 Å². The first-order chi connectivity index (χ1) is 11.0. The Bertz CT molecular complexity index is 659. The van der Waals surface area contributed by atoms with Crippen LogP contribution in [0.1, 0.15) is 61.8 Å². The minimum Gasteiger partial charge on any atom is -0.483 e. The zero-order valence-corrected chi connectivity index (χ0v) is 14.2. The van der Waals surface area contributed by atoms with Gasteiger partial charge in [0, 0.05) is 19.0 Å². The third-order valence-electron chi connectivity index (χ3n) is 4.75. The molecule has 124 valence electrons. The number of nitrogens with zero attached hydrogens (tertiary/aromatic N) is 3. The van der Waals surface area contributed by atoms with Gasteiger partial charge in [-0.3, -0.25) is 0 Å². The summed E-state index contributed by atoms with van der Waals surface area (Å²) in [7, 11) is 2.04. The van der Waals surface area contributed by atoms with E-state index in [1.807, 2.05) is 32.2 Å². The van der Waals surface area contributed by atoms with E-state index in [2.05, 4.69) is 27.8 Å². The molecule has 1 aromatic heterocycles. The van der Waals surface area contributed by atoms with Gasteiger partial charge in [0.1, 0.15) is 11.6 Å². The lowest BCUT2D eigenvalue weighted by Gasteiger charge is -2.25. The number of benzene rings is 1. The van der Waals surface area contributed by atoms with Gasteiger partial charge in [0.25, 0.3) is 0 Å². The Kier molecular flexibility index (Phi) is 4.66. The van der Waals surface area contributed by atoms with E-state index < -0.39 is 0 Å². The van der Waals surface area contributed by atoms with Crippen LogP contribution in [0.4, 0.5) is 0 Å². The molecular weight excluding hydrogens is 288 g/mol. The summed E-state index contributed by atoms with van der Waals surface area (Å²) in [5.41, 5.74) is 7.19. The second-order valence-electron chi connectivity index (χ2n) is 6.66. The molecule has 0 radical (unpaired) electrons. The number of hydrogen-bond donors (Lipinski definition) is 1. The number of aromatic nitrogens is 3. The highest BCUT2D eigenvalue weighted by Crippen LogP contribution is 2.32. The average molecular weight is 314 g/mol. The van der Waals surface area contributed by atoms with Crippen molar-refractivity contribution in [1.82, 2.24) is 14.8 Å². The van der Waals surface area contributed by atoms with E-state index in [9.17, 15) is 0 Å². The summed E-state index contributed by atoms with van der Waals surface area (Å²) in [4.78, 5) is 0. The normalized spacial score (nSPS) is 22.8. The fraction of sp³-hybridized carbons (Fsp3) is 0.556. The van der Waals surface area contributed by atoms with E-state index in [0.717, 1.165) is 43.1 Å². The van der Waals surface area contributed by atoms with Crippen LogP contribution in [0.15, 0.2) is 24.3 Å². The average Bonchev–Trinajstić information content (AvgIpc) is 2.90. The van der Waals surface area contributed by atoms with E-state index >= 15 is 0 Å². The second kappa shape index (κ2) is 6.71. The molecule has 0 spiro atoms. The zero-order valence-electron chi connectivity index (χ0n) is 14.2. The summed E-state index contributed by atoms with van der Waals surface area (Å²) in [5, 5.41) is 8.82. The van der Waals surface area contributed by atoms with Crippen LogP contribution < -0.4 is 10.5 Å². The van der Waals surface area contributed by atoms with Crippen molar-refractivity contribution in [2.24, 2.45) is 12.8 Å². The Morgan fingerprint density at radius 2 is 1.96 bits per heavy atom. The molecule has 1 saturated carbocycles. The number of rotatable bonds is 4. The Morgan fingerprint density at radius 3 is 2.65 bits per heavy atom. The molecule has 2 aromatic rings. The summed E-state index contributed by atoms with van der Waals surface area (Å²) in [6.07, 6.45) is 4.21. The quantitative estimate of drug-likeness (QED) is 0.941. The van der Waals surface area contributed by atoms with Crippen molar-refractivity contribution in [3.63, 3.8) is 0 Å². The highest BCUT2D eigenvalue weighted by Gasteiger charge is 2.26. The van der Waals surface area contributed by atoms with Crippen molar-refractivity contribution in [2.45, 2.75) is 57.6 Å². The summed E-state index contributed by atoms with van der Waals surface area (Å²) in [6.45, 7) is 4.08. The van der Waals surface area contributed by atoms with E-state index in [1.54, 1.807) is 0 Å². The largest absolute Gasteiger partial charge is 0.483 e. The van der Waals surface area contributed by atoms with E-state index in [-0.39, 0.29) is 6.10 Å². The summed E-state index contributed by atoms with van der Waals surface area (Å²) >= 11 is 0. The molecule has 0 saturated heterocycles. The number of hydrogen-bond acceptors (Lipinski definition) is 4. The molecule has 0 aliphatic heterocycles. The van der Waals surface area contributed by atoms with Crippen molar-refractivity contribution >= 4 is 0 Å². The van der Waals surface area contributed by atoms with Crippen LogP contribution >= 0.6 is 0 Å². The lowest BCUT2D eigenvalue weighted by Crippen LogP contribution is -2.26. The van der Waals surface area contributed by atoms with Gasteiger partial charge in [0.05, 0.1) is 0 Å². The summed E-state index contributed by atoms with van der Waals surface area (Å²) in [6, 6.07) is 8.43. The lowest BCUT2D eigenvalue weighted by molar-refractivity contribution is 0.211. The predicted molar refractivity (Wildman–Crippen MR) is 90.4 cm³/mol. The van der Waals surface area contributed by atoms with Crippen molar-refractivity contribution < 1.29 is 4.74 Å². The van der Waals surface area contributed by atoms with Crippen molar-refractivity contribution in [2.75, 3.05) is 0 Å². The molecule has 1 fully saturated rings. The molecule has 0 bridgehead atoms. The Morgan fingerprint density at radius 1 is 1.22 bits per heavy atom. The van der Waals surface area contributed by atoms with Crippen LogP contribution in [0.25, 0.3) is 0 Å². The number of ether oxygens (including phenoxy) is 1. The van der Waals surface area contributed by atoms with Gasteiger partial charge in [0.2, 0.25) is 0 Å². The van der Waals surface area contributed by atoms with Crippen LogP contribution in [0.2, 0.25) is 0 Å². The van der Waals surface area contributed by atoms with Gasteiger partial charge in [-0.25, -0.2) is 0 Å². The standard InChI is InChI=1S/C18H26N4O/c1-12-5-4-6-16(11-12)23-13(2)17-20-21-18(22(17)3)14-7-9-15(19)10-8-14/h4-6,11,13-15H,7-10,19H2,1-3H3/t13-,14-,15-/m1/s1. The molecule has 3 rings (SSSR count). The molecule has 5 heteroatoms. The molecule has 1 heterocycles. The molecule has 0 amide bonds. The fourth-order valence-electron chi connectivity index (χ4n) is 3.39. The van der Waals surface area contributed by atoms with Crippen LogP contribution in [-0.4, -0.2) is 20.8 Å². The molecular formula is C18H26N4O. The van der Waals surface area contributed by atoms with Gasteiger partial charge < -0.3 is 15.0 Å². The predicted octanol–water partition coefficient (Wildman–Crippen LogP) is 3.25. The number of aryl methyl sites for hydroxylation is 1. The van der Waals surface area contributed by atoms with Crippen molar-refractivity contribution in [3.8, 4) is 5.75 Å². The van der Waals surface area contributed by atoms with Gasteiger partial charge in [-0.1, -0.05) is 12.1 Å². The molecule has 1 aromatic carbocycles. The fourth-order valence-corrected chi connectivity index (χ4v) is 3.39. The first-order valence-electron chi connectivity index (χ1n) is 8.42. The summed E-state index contributed by atoms with van der Waals surface area (Å²) in [5.74, 6) is 3.26. The monoisotopic (exact) mass is 314 g/mol. The highest BCUT2D eigenvalue weighted by molar-refractivity contribution is 5.27. The van der Waals surface area contributed by atoms with E-state index in [0.29, 0.717) is 12.0 Å². The van der Waals surface area contributed by atoms with Crippen LogP contribution in [0, 0.1) is 6.92 Å². The van der Waals surface area contributed by atoms with Crippen LogP contribution in [0.3, 0.4) is 0 Å². The molecule has 1 aliphatic carbocycles. The topological polar surface area (TPSA) is 66.0 Å². The third-order valence-corrected chi connectivity index (χ3v) is 4.75. The summed E-state index contributed by atoms with van der Waals surface area (Å²) < 4.78 is 8.14.